The summed E-state index contributed by atoms with van der Waals surface area (Å²) in [4.78, 5) is 0. The van der Waals surface area contributed by atoms with Gasteiger partial charge >= 0.3 is 0 Å². The first kappa shape index (κ1) is 9.94. The topological polar surface area (TPSA) is 40.7 Å². The highest BCUT2D eigenvalue weighted by molar-refractivity contribution is 5.51. The van der Waals surface area contributed by atoms with E-state index in [9.17, 15) is 0 Å². The molecule has 1 aromatic rings. The van der Waals surface area contributed by atoms with Crippen molar-refractivity contribution in [3.8, 4) is 0 Å². The number of aromatic nitrogens is 2. The number of anilines is 1. The van der Waals surface area contributed by atoms with Crippen molar-refractivity contribution < 1.29 is 0 Å². The second kappa shape index (κ2) is 3.65. The van der Waals surface area contributed by atoms with E-state index in [2.05, 4.69) is 34.6 Å². The molecule has 1 aromatic heterocycles. The number of fused-ring (bicyclic) bond motifs is 2. The zero-order valence-corrected chi connectivity index (χ0v) is 9.96. The predicted octanol–water partition coefficient (Wildman–Crippen LogP) is 2.65. The summed E-state index contributed by atoms with van der Waals surface area (Å²) in [6, 6.07) is 0. The van der Waals surface area contributed by atoms with Crippen LogP contribution in [-0.4, -0.2) is 16.7 Å². The van der Waals surface area contributed by atoms with Gasteiger partial charge in [0.05, 0.1) is 17.1 Å². The van der Waals surface area contributed by atoms with Crippen molar-refractivity contribution in [3.63, 3.8) is 0 Å². The molecule has 0 radical (unpaired) electrons. The quantitative estimate of drug-likeness (QED) is 0.764. The largest absolute Gasteiger partial charge is 0.382 e. The van der Waals surface area contributed by atoms with Crippen LogP contribution in [0.15, 0.2) is 12.2 Å². The fraction of sp³-hybridized carbons (Fsp3) is 0.615. The van der Waals surface area contributed by atoms with Crippen molar-refractivity contribution in [2.75, 3.05) is 11.9 Å². The van der Waals surface area contributed by atoms with Crippen molar-refractivity contribution in [2.24, 2.45) is 17.8 Å². The molecule has 3 rings (SSSR count). The molecular formula is C13H19N3. The lowest BCUT2D eigenvalue weighted by molar-refractivity contribution is 0.472. The van der Waals surface area contributed by atoms with Gasteiger partial charge < -0.3 is 5.32 Å². The van der Waals surface area contributed by atoms with Crippen LogP contribution in [0.5, 0.6) is 0 Å². The number of hydrogen-bond acceptors (Lipinski definition) is 2. The first-order chi connectivity index (χ1) is 7.74. The maximum absolute atomic E-state index is 4.21. The van der Waals surface area contributed by atoms with Gasteiger partial charge in [-0.15, -0.1) is 0 Å². The normalized spacial score (nSPS) is 31.2. The van der Waals surface area contributed by atoms with Crippen LogP contribution in [0.2, 0.25) is 0 Å². The lowest BCUT2D eigenvalue weighted by Crippen LogP contribution is -2.18. The Labute approximate surface area is 96.3 Å². The number of aryl methyl sites for hydroxylation is 2. The number of hydrogen-bond donors (Lipinski definition) is 2. The molecule has 0 aromatic carbocycles. The van der Waals surface area contributed by atoms with E-state index in [4.69, 9.17) is 0 Å². The molecule has 0 amide bonds. The van der Waals surface area contributed by atoms with Crippen LogP contribution in [0.4, 0.5) is 5.69 Å². The van der Waals surface area contributed by atoms with Crippen LogP contribution >= 0.6 is 0 Å². The Hall–Kier alpha value is -1.25. The molecule has 2 bridgehead atoms. The van der Waals surface area contributed by atoms with Gasteiger partial charge in [0.15, 0.2) is 0 Å². The van der Waals surface area contributed by atoms with E-state index < -0.39 is 0 Å². The number of allylic oxidation sites excluding steroid dienone is 2. The summed E-state index contributed by atoms with van der Waals surface area (Å²) in [5, 5.41) is 10.8. The monoisotopic (exact) mass is 217 g/mol. The Morgan fingerprint density at radius 2 is 2.25 bits per heavy atom. The van der Waals surface area contributed by atoms with Crippen LogP contribution in [-0.2, 0) is 0 Å². The van der Waals surface area contributed by atoms with Gasteiger partial charge in [-0.25, -0.2) is 0 Å². The highest BCUT2D eigenvalue weighted by atomic mass is 15.1. The van der Waals surface area contributed by atoms with Crippen LogP contribution in [0, 0.1) is 31.6 Å². The zero-order valence-electron chi connectivity index (χ0n) is 9.96. The minimum Gasteiger partial charge on any atom is -0.382 e. The number of rotatable bonds is 3. The van der Waals surface area contributed by atoms with Gasteiger partial charge in [0.25, 0.3) is 0 Å². The molecule has 0 spiro atoms. The predicted molar refractivity (Wildman–Crippen MR) is 65.4 cm³/mol. The second-order valence-corrected chi connectivity index (χ2v) is 5.23. The Morgan fingerprint density at radius 3 is 2.81 bits per heavy atom. The van der Waals surface area contributed by atoms with Gasteiger partial charge in [-0.05, 0) is 44.4 Å². The van der Waals surface area contributed by atoms with Gasteiger partial charge in [0.1, 0.15) is 0 Å². The maximum Gasteiger partial charge on any atom is 0.0825 e. The summed E-state index contributed by atoms with van der Waals surface area (Å²) in [7, 11) is 0. The molecule has 0 saturated heterocycles. The summed E-state index contributed by atoms with van der Waals surface area (Å²) >= 11 is 0. The molecule has 16 heavy (non-hydrogen) atoms. The molecule has 2 N–H and O–H groups in total. The van der Waals surface area contributed by atoms with Gasteiger partial charge in [0, 0.05) is 6.54 Å². The van der Waals surface area contributed by atoms with Crippen molar-refractivity contribution in [2.45, 2.75) is 26.7 Å². The molecule has 3 atom stereocenters. The van der Waals surface area contributed by atoms with E-state index in [0.717, 1.165) is 35.7 Å². The molecule has 2 aliphatic rings. The second-order valence-electron chi connectivity index (χ2n) is 5.23. The molecule has 86 valence electrons. The van der Waals surface area contributed by atoms with Gasteiger partial charge in [-0.1, -0.05) is 12.2 Å². The van der Waals surface area contributed by atoms with E-state index in [-0.39, 0.29) is 0 Å². The maximum atomic E-state index is 4.21. The number of nitrogens with zero attached hydrogens (tertiary/aromatic N) is 1. The van der Waals surface area contributed by atoms with Crippen molar-refractivity contribution in [1.82, 2.24) is 10.2 Å². The summed E-state index contributed by atoms with van der Waals surface area (Å²) in [5.74, 6) is 2.51. The minimum absolute atomic E-state index is 0.823. The Balaban J connectivity index is 1.63. The first-order valence-corrected chi connectivity index (χ1v) is 6.18. The highest BCUT2D eigenvalue weighted by Crippen LogP contribution is 2.43. The number of aromatic amines is 1. The van der Waals surface area contributed by atoms with E-state index >= 15 is 0 Å². The Bertz CT molecular complexity index is 399. The van der Waals surface area contributed by atoms with Crippen molar-refractivity contribution in [3.05, 3.63) is 23.5 Å². The molecular weight excluding hydrogens is 198 g/mol. The Kier molecular flexibility index (Phi) is 2.27. The van der Waals surface area contributed by atoms with Crippen LogP contribution in [0.1, 0.15) is 24.2 Å². The van der Waals surface area contributed by atoms with E-state index in [1.54, 1.807) is 0 Å². The smallest absolute Gasteiger partial charge is 0.0825 e. The number of nitrogens with one attached hydrogen (secondary N) is 2. The molecule has 3 heteroatoms. The van der Waals surface area contributed by atoms with Crippen molar-refractivity contribution in [1.29, 1.82) is 0 Å². The molecule has 1 heterocycles. The number of H-pyrrole nitrogens is 1. The van der Waals surface area contributed by atoms with E-state index in [1.807, 2.05) is 6.92 Å². The van der Waals surface area contributed by atoms with Crippen LogP contribution < -0.4 is 5.32 Å². The standard InChI is InChI=1S/C13H19N3/c1-8-13(9(2)16-15-8)14-7-12-6-10-3-4-11(12)5-10/h3-4,10-12,14H,5-7H2,1-2H3,(H,15,16). The van der Waals surface area contributed by atoms with E-state index in [1.165, 1.54) is 18.5 Å². The summed E-state index contributed by atoms with van der Waals surface area (Å²) < 4.78 is 0. The fourth-order valence-electron chi connectivity index (χ4n) is 3.17. The zero-order chi connectivity index (χ0) is 11.1. The SMILES string of the molecule is Cc1n[nH]c(C)c1NCC1CC2C=CC1C2. The molecule has 0 aliphatic heterocycles. The van der Waals surface area contributed by atoms with Gasteiger partial charge in [-0.2, -0.15) is 5.10 Å². The fourth-order valence-corrected chi connectivity index (χ4v) is 3.17. The lowest BCUT2D eigenvalue weighted by Gasteiger charge is -2.19. The summed E-state index contributed by atoms with van der Waals surface area (Å²) in [6.45, 7) is 5.21. The molecule has 1 saturated carbocycles. The summed E-state index contributed by atoms with van der Waals surface area (Å²) in [6.07, 6.45) is 7.56. The lowest BCUT2D eigenvalue weighted by atomic mass is 9.93. The third kappa shape index (κ3) is 1.55. The third-order valence-electron chi connectivity index (χ3n) is 4.09. The molecule has 1 fully saturated rings. The van der Waals surface area contributed by atoms with E-state index in [0.29, 0.717) is 0 Å². The Morgan fingerprint density at radius 1 is 1.38 bits per heavy atom. The van der Waals surface area contributed by atoms with Crippen LogP contribution in [0.3, 0.4) is 0 Å². The molecule has 2 aliphatic carbocycles. The van der Waals surface area contributed by atoms with Gasteiger partial charge in [-0.3, -0.25) is 5.10 Å². The van der Waals surface area contributed by atoms with Crippen LogP contribution in [0.25, 0.3) is 0 Å². The average Bonchev–Trinajstić information content (AvgIpc) is 2.94. The van der Waals surface area contributed by atoms with Crippen molar-refractivity contribution >= 4 is 5.69 Å². The molecule has 3 nitrogen and oxygen atoms in total. The first-order valence-electron chi connectivity index (χ1n) is 6.18. The molecule has 3 unspecified atom stereocenters. The minimum atomic E-state index is 0.823. The third-order valence-corrected chi connectivity index (χ3v) is 4.09. The summed E-state index contributed by atoms with van der Waals surface area (Å²) in [5.41, 5.74) is 3.43. The average molecular weight is 217 g/mol. The van der Waals surface area contributed by atoms with Gasteiger partial charge in [0.2, 0.25) is 0 Å². The highest BCUT2D eigenvalue weighted by Gasteiger charge is 2.35.